The van der Waals surface area contributed by atoms with Gasteiger partial charge in [-0.1, -0.05) is 30.2 Å². The third-order valence-corrected chi connectivity index (χ3v) is 3.03. The maximum Gasteiger partial charge on any atom is 0.275 e. The molecule has 0 aliphatic carbocycles. The quantitative estimate of drug-likeness (QED) is 0.484. The van der Waals surface area contributed by atoms with E-state index in [1.807, 2.05) is 31.2 Å². The van der Waals surface area contributed by atoms with Crippen LogP contribution in [0.3, 0.4) is 0 Å². The normalized spacial score (nSPS) is 10.2. The van der Waals surface area contributed by atoms with Crippen LogP contribution in [0.2, 0.25) is 0 Å². The van der Waals surface area contributed by atoms with Crippen molar-refractivity contribution in [2.45, 2.75) is 6.92 Å². The fourth-order valence-corrected chi connectivity index (χ4v) is 1.99. The van der Waals surface area contributed by atoms with Gasteiger partial charge in [0.1, 0.15) is 18.1 Å². The first-order chi connectivity index (χ1) is 11.8. The van der Waals surface area contributed by atoms with Crippen LogP contribution in [0.4, 0.5) is 0 Å². The lowest BCUT2D eigenvalue weighted by molar-refractivity contribution is 0.0951. The van der Waals surface area contributed by atoms with E-state index in [-0.39, 0.29) is 12.5 Å². The molecule has 0 saturated heterocycles. The number of amides is 1. The van der Waals surface area contributed by atoms with Crippen molar-refractivity contribution < 1.29 is 14.3 Å². The molecule has 1 amide bonds. The van der Waals surface area contributed by atoms with Gasteiger partial charge in [-0.05, 0) is 31.2 Å². The molecule has 0 aliphatic rings. The van der Waals surface area contributed by atoms with Crippen molar-refractivity contribution in [3.63, 3.8) is 0 Å². The summed E-state index contributed by atoms with van der Waals surface area (Å²) >= 11 is 0. The molecular weight excluding hydrogens is 304 g/mol. The summed E-state index contributed by atoms with van der Waals surface area (Å²) in [6, 6.07) is 14.3. The van der Waals surface area contributed by atoms with Gasteiger partial charge in [0.25, 0.3) is 5.91 Å². The molecule has 0 spiro atoms. The van der Waals surface area contributed by atoms with Gasteiger partial charge in [0.15, 0.2) is 0 Å². The lowest BCUT2D eigenvalue weighted by Crippen LogP contribution is -2.18. The predicted octanol–water partition coefficient (Wildman–Crippen LogP) is 2.86. The average molecular weight is 322 g/mol. The second-order valence-corrected chi connectivity index (χ2v) is 4.66. The largest absolute Gasteiger partial charge is 0.493 e. The lowest BCUT2D eigenvalue weighted by Gasteiger charge is -2.08. The highest BCUT2D eigenvalue weighted by Gasteiger charge is 2.10. The zero-order valence-corrected chi connectivity index (χ0v) is 13.4. The Balaban J connectivity index is 2.07. The van der Waals surface area contributed by atoms with Crippen LogP contribution in [0.25, 0.3) is 0 Å². The van der Waals surface area contributed by atoms with Gasteiger partial charge >= 0.3 is 0 Å². The second kappa shape index (κ2) is 9.01. The highest BCUT2D eigenvalue weighted by molar-refractivity contribution is 5.97. The van der Waals surface area contributed by atoms with Crippen molar-refractivity contribution in [1.29, 1.82) is 0 Å². The maximum atomic E-state index is 12.2. The number of rotatable bonds is 7. The molecule has 2 aromatic carbocycles. The first-order valence-electron chi connectivity index (χ1n) is 7.46. The highest BCUT2D eigenvalue weighted by atomic mass is 16.5. The molecule has 5 nitrogen and oxygen atoms in total. The molecule has 0 heterocycles. The summed E-state index contributed by atoms with van der Waals surface area (Å²) in [5, 5.41) is 3.98. The number of ether oxygens (including phenoxy) is 2. The number of para-hydroxylation sites is 2. The maximum absolute atomic E-state index is 12.2. The molecule has 0 atom stereocenters. The molecule has 122 valence electrons. The monoisotopic (exact) mass is 322 g/mol. The fraction of sp³-hybridized carbons (Fsp3) is 0.158. The Labute approximate surface area is 141 Å². The molecule has 0 radical (unpaired) electrons. The van der Waals surface area contributed by atoms with Gasteiger partial charge in [0.05, 0.1) is 18.4 Å². The summed E-state index contributed by atoms with van der Waals surface area (Å²) < 4.78 is 10.9. The molecule has 0 unspecified atom stereocenters. The average Bonchev–Trinajstić information content (AvgIpc) is 2.61. The minimum absolute atomic E-state index is 0.166. The Kier molecular flexibility index (Phi) is 6.42. The van der Waals surface area contributed by atoms with E-state index in [2.05, 4.69) is 16.4 Å². The number of hydrazone groups is 1. The van der Waals surface area contributed by atoms with Crippen molar-refractivity contribution in [2.75, 3.05) is 13.2 Å². The van der Waals surface area contributed by atoms with Gasteiger partial charge in [-0.25, -0.2) is 5.43 Å². The van der Waals surface area contributed by atoms with E-state index in [1.165, 1.54) is 6.21 Å². The van der Waals surface area contributed by atoms with Crippen molar-refractivity contribution >= 4 is 12.1 Å². The summed E-state index contributed by atoms with van der Waals surface area (Å²) in [6.45, 7) is 2.51. The van der Waals surface area contributed by atoms with Crippen LogP contribution in [-0.4, -0.2) is 25.3 Å². The fourth-order valence-electron chi connectivity index (χ4n) is 1.99. The topological polar surface area (TPSA) is 59.9 Å². The van der Waals surface area contributed by atoms with Crippen molar-refractivity contribution in [3.05, 3.63) is 59.7 Å². The van der Waals surface area contributed by atoms with Crippen molar-refractivity contribution in [1.82, 2.24) is 5.43 Å². The molecule has 0 aromatic heterocycles. The number of carbonyl (C=O) groups excluding carboxylic acids is 1. The van der Waals surface area contributed by atoms with Gasteiger partial charge in [0.2, 0.25) is 0 Å². The number of carbonyl (C=O) groups is 1. The zero-order valence-electron chi connectivity index (χ0n) is 13.4. The van der Waals surface area contributed by atoms with Gasteiger partial charge in [-0.2, -0.15) is 5.10 Å². The van der Waals surface area contributed by atoms with Crippen LogP contribution in [0, 0.1) is 12.3 Å². The van der Waals surface area contributed by atoms with E-state index in [9.17, 15) is 4.79 Å². The van der Waals surface area contributed by atoms with Crippen LogP contribution < -0.4 is 14.9 Å². The molecule has 2 rings (SSSR count). The number of hydrogen-bond donors (Lipinski definition) is 1. The first-order valence-corrected chi connectivity index (χ1v) is 7.46. The van der Waals surface area contributed by atoms with Gasteiger partial charge in [-0.3, -0.25) is 4.79 Å². The summed E-state index contributed by atoms with van der Waals surface area (Å²) in [5.41, 5.74) is 3.62. The molecule has 0 saturated carbocycles. The molecule has 24 heavy (non-hydrogen) atoms. The summed E-state index contributed by atoms with van der Waals surface area (Å²) in [6.07, 6.45) is 6.70. The van der Waals surface area contributed by atoms with E-state index >= 15 is 0 Å². The minimum atomic E-state index is -0.350. The second-order valence-electron chi connectivity index (χ2n) is 4.66. The molecule has 0 aliphatic heterocycles. The number of nitrogens with one attached hydrogen (secondary N) is 1. The van der Waals surface area contributed by atoms with Gasteiger partial charge in [-0.15, -0.1) is 6.42 Å². The highest BCUT2D eigenvalue weighted by Crippen LogP contribution is 2.18. The van der Waals surface area contributed by atoms with Crippen LogP contribution in [0.1, 0.15) is 22.8 Å². The molecular formula is C19H18N2O3. The molecule has 1 N–H and O–H groups in total. The van der Waals surface area contributed by atoms with E-state index in [0.717, 1.165) is 0 Å². The van der Waals surface area contributed by atoms with E-state index < -0.39 is 0 Å². The minimum Gasteiger partial charge on any atom is -0.493 e. The van der Waals surface area contributed by atoms with Crippen molar-refractivity contribution in [3.8, 4) is 23.8 Å². The van der Waals surface area contributed by atoms with E-state index in [4.69, 9.17) is 15.9 Å². The van der Waals surface area contributed by atoms with E-state index in [1.54, 1.807) is 24.3 Å². The third kappa shape index (κ3) is 4.62. The molecule has 5 heteroatoms. The van der Waals surface area contributed by atoms with Crippen molar-refractivity contribution in [2.24, 2.45) is 5.10 Å². The summed E-state index contributed by atoms with van der Waals surface area (Å²) in [7, 11) is 0. The zero-order chi connectivity index (χ0) is 17.2. The number of nitrogens with zero attached hydrogens (tertiary/aromatic N) is 1. The third-order valence-electron chi connectivity index (χ3n) is 3.03. The number of hydrogen-bond acceptors (Lipinski definition) is 4. The van der Waals surface area contributed by atoms with Crippen LogP contribution in [-0.2, 0) is 0 Å². The molecule has 2 aromatic rings. The smallest absolute Gasteiger partial charge is 0.275 e. The first kappa shape index (κ1) is 17.1. The Morgan fingerprint density at radius 3 is 2.62 bits per heavy atom. The Bertz CT molecular complexity index is 763. The Morgan fingerprint density at radius 1 is 1.17 bits per heavy atom. The SMILES string of the molecule is C#CCOc1ccccc1/C=N/NC(=O)c1ccccc1OCC. The standard InChI is InChI=1S/C19H18N2O3/c1-3-13-24-17-11-7-5-9-15(17)14-20-21-19(22)16-10-6-8-12-18(16)23-4-2/h1,5-12,14H,4,13H2,2H3,(H,21,22)/b20-14+. The summed E-state index contributed by atoms with van der Waals surface area (Å²) in [4.78, 5) is 12.2. The lowest BCUT2D eigenvalue weighted by atomic mass is 10.2. The predicted molar refractivity (Wildman–Crippen MR) is 93.4 cm³/mol. The molecule has 0 fully saturated rings. The van der Waals surface area contributed by atoms with Gasteiger partial charge in [0, 0.05) is 5.56 Å². The summed E-state index contributed by atoms with van der Waals surface area (Å²) in [5.74, 6) is 3.18. The van der Waals surface area contributed by atoms with Crippen LogP contribution >= 0.6 is 0 Å². The van der Waals surface area contributed by atoms with Crippen LogP contribution in [0.5, 0.6) is 11.5 Å². The Morgan fingerprint density at radius 2 is 1.88 bits per heavy atom. The van der Waals surface area contributed by atoms with E-state index in [0.29, 0.717) is 29.2 Å². The molecule has 0 bridgehead atoms. The van der Waals surface area contributed by atoms with Gasteiger partial charge < -0.3 is 9.47 Å². The Hall–Kier alpha value is -3.26. The van der Waals surface area contributed by atoms with Crippen LogP contribution in [0.15, 0.2) is 53.6 Å². The number of benzene rings is 2. The number of terminal acetylenes is 1.